The lowest BCUT2D eigenvalue weighted by Gasteiger charge is -2.30. The molecule has 2 unspecified atom stereocenters. The molecule has 0 amide bonds. The van der Waals surface area contributed by atoms with Crippen molar-refractivity contribution >= 4 is 11.4 Å². The minimum Gasteiger partial charge on any atom is -0.488 e. The molecule has 1 heterocycles. The fourth-order valence-corrected chi connectivity index (χ4v) is 2.62. The Balaban J connectivity index is 2.30. The molecule has 1 aliphatic heterocycles. The van der Waals surface area contributed by atoms with Crippen LogP contribution in [-0.2, 0) is 4.74 Å². The predicted octanol–water partition coefficient (Wildman–Crippen LogP) is 2.81. The summed E-state index contributed by atoms with van der Waals surface area (Å²) in [6.07, 6.45) is 0.994. The summed E-state index contributed by atoms with van der Waals surface area (Å²) >= 11 is 0. The Kier molecular flexibility index (Phi) is 4.38. The molecular formula is C15H23FN2O2. The highest BCUT2D eigenvalue weighted by Gasteiger charge is 2.29. The normalized spacial score (nSPS) is 22.3. The second-order valence-electron chi connectivity index (χ2n) is 5.55. The Labute approximate surface area is 119 Å². The average molecular weight is 282 g/mol. The van der Waals surface area contributed by atoms with Gasteiger partial charge in [0.25, 0.3) is 0 Å². The topological polar surface area (TPSA) is 47.7 Å². The lowest BCUT2D eigenvalue weighted by Crippen LogP contribution is -2.37. The van der Waals surface area contributed by atoms with Crippen molar-refractivity contribution in [2.45, 2.75) is 45.4 Å². The molecule has 0 saturated carbocycles. The minimum absolute atomic E-state index is 0.0833. The molecule has 1 aliphatic rings. The van der Waals surface area contributed by atoms with E-state index in [1.165, 1.54) is 6.07 Å². The van der Waals surface area contributed by atoms with E-state index in [0.717, 1.165) is 18.7 Å². The number of benzene rings is 1. The predicted molar refractivity (Wildman–Crippen MR) is 78.8 cm³/mol. The first-order valence-electron chi connectivity index (χ1n) is 7.00. The van der Waals surface area contributed by atoms with E-state index in [-0.39, 0.29) is 24.0 Å². The largest absolute Gasteiger partial charge is 0.488 e. The van der Waals surface area contributed by atoms with Gasteiger partial charge in [-0.05, 0) is 27.2 Å². The zero-order valence-corrected chi connectivity index (χ0v) is 12.5. The van der Waals surface area contributed by atoms with Gasteiger partial charge in [0.15, 0.2) is 11.6 Å². The molecule has 112 valence electrons. The molecule has 0 bridgehead atoms. The zero-order valence-electron chi connectivity index (χ0n) is 12.5. The van der Waals surface area contributed by atoms with Gasteiger partial charge in [0.2, 0.25) is 0 Å². The lowest BCUT2D eigenvalue weighted by molar-refractivity contribution is 0.118. The van der Waals surface area contributed by atoms with Gasteiger partial charge >= 0.3 is 0 Å². The summed E-state index contributed by atoms with van der Waals surface area (Å²) in [5.41, 5.74) is 7.16. The van der Waals surface area contributed by atoms with Crippen molar-refractivity contribution in [2.24, 2.45) is 0 Å². The Morgan fingerprint density at radius 1 is 1.45 bits per heavy atom. The Bertz CT molecular complexity index is 479. The van der Waals surface area contributed by atoms with Crippen molar-refractivity contribution in [3.8, 4) is 5.75 Å². The summed E-state index contributed by atoms with van der Waals surface area (Å²) in [7, 11) is 1.96. The summed E-state index contributed by atoms with van der Waals surface area (Å²) in [4.78, 5) is 2.06. The van der Waals surface area contributed by atoms with Gasteiger partial charge in [-0.1, -0.05) is 0 Å². The number of rotatable bonds is 4. The molecule has 1 aromatic rings. The number of nitrogens with zero attached hydrogens (tertiary/aromatic N) is 1. The number of nitrogens with two attached hydrogens (primary N) is 1. The van der Waals surface area contributed by atoms with Crippen LogP contribution in [0.25, 0.3) is 0 Å². The molecule has 2 N–H and O–H groups in total. The monoisotopic (exact) mass is 282 g/mol. The van der Waals surface area contributed by atoms with Gasteiger partial charge < -0.3 is 20.1 Å². The molecule has 5 heteroatoms. The number of hydrogen-bond donors (Lipinski definition) is 1. The van der Waals surface area contributed by atoms with E-state index in [0.29, 0.717) is 5.69 Å². The summed E-state index contributed by atoms with van der Waals surface area (Å²) < 4.78 is 24.9. The fraction of sp³-hybridized carbons (Fsp3) is 0.600. The van der Waals surface area contributed by atoms with Crippen molar-refractivity contribution in [3.63, 3.8) is 0 Å². The van der Waals surface area contributed by atoms with Crippen molar-refractivity contribution in [1.82, 2.24) is 0 Å². The SMILES string of the molecule is CC(C)Oc1cc(N(C)C2CCOC2C)c(N)cc1F. The van der Waals surface area contributed by atoms with Gasteiger partial charge in [-0.15, -0.1) is 0 Å². The maximum Gasteiger partial charge on any atom is 0.167 e. The molecule has 0 spiro atoms. The van der Waals surface area contributed by atoms with Crippen LogP contribution in [0.2, 0.25) is 0 Å². The first-order valence-corrected chi connectivity index (χ1v) is 7.00. The van der Waals surface area contributed by atoms with E-state index in [1.54, 1.807) is 6.07 Å². The Hall–Kier alpha value is -1.49. The minimum atomic E-state index is -0.427. The van der Waals surface area contributed by atoms with Gasteiger partial charge in [-0.3, -0.25) is 0 Å². The Morgan fingerprint density at radius 3 is 2.70 bits per heavy atom. The van der Waals surface area contributed by atoms with Gasteiger partial charge in [0.1, 0.15) is 0 Å². The smallest absolute Gasteiger partial charge is 0.167 e. The highest BCUT2D eigenvalue weighted by atomic mass is 19.1. The van der Waals surface area contributed by atoms with Crippen LogP contribution in [0.4, 0.5) is 15.8 Å². The molecule has 1 fully saturated rings. The van der Waals surface area contributed by atoms with Crippen LogP contribution in [-0.4, -0.2) is 31.9 Å². The number of likely N-dealkylation sites (N-methyl/N-ethyl adjacent to an activating group) is 1. The van der Waals surface area contributed by atoms with Crippen molar-refractivity contribution in [3.05, 3.63) is 17.9 Å². The van der Waals surface area contributed by atoms with Crippen LogP contribution in [0.15, 0.2) is 12.1 Å². The van der Waals surface area contributed by atoms with Crippen LogP contribution in [0.3, 0.4) is 0 Å². The maximum absolute atomic E-state index is 13.9. The standard InChI is InChI=1S/C15H23FN2O2/c1-9(2)20-15-8-14(12(17)7-11(15)16)18(4)13-5-6-19-10(13)3/h7-10,13H,5-6,17H2,1-4H3. The van der Waals surface area contributed by atoms with Crippen LogP contribution in [0.5, 0.6) is 5.75 Å². The summed E-state index contributed by atoms with van der Waals surface area (Å²) in [6.45, 7) is 6.52. The van der Waals surface area contributed by atoms with Crippen LogP contribution in [0.1, 0.15) is 27.2 Å². The number of halogens is 1. The molecular weight excluding hydrogens is 259 g/mol. The highest BCUT2D eigenvalue weighted by Crippen LogP contribution is 2.34. The van der Waals surface area contributed by atoms with E-state index < -0.39 is 5.82 Å². The van der Waals surface area contributed by atoms with E-state index in [2.05, 4.69) is 4.90 Å². The van der Waals surface area contributed by atoms with Crippen LogP contribution < -0.4 is 15.4 Å². The molecule has 1 saturated heterocycles. The van der Waals surface area contributed by atoms with Crippen molar-refractivity contribution in [2.75, 3.05) is 24.3 Å². The van der Waals surface area contributed by atoms with Crippen LogP contribution >= 0.6 is 0 Å². The van der Waals surface area contributed by atoms with E-state index in [1.807, 2.05) is 27.8 Å². The second-order valence-corrected chi connectivity index (χ2v) is 5.55. The quantitative estimate of drug-likeness (QED) is 0.863. The number of ether oxygens (including phenoxy) is 2. The molecule has 1 aromatic carbocycles. The lowest BCUT2D eigenvalue weighted by atomic mass is 10.1. The number of hydrogen-bond acceptors (Lipinski definition) is 4. The van der Waals surface area contributed by atoms with E-state index in [9.17, 15) is 4.39 Å². The molecule has 2 rings (SSSR count). The maximum atomic E-state index is 13.9. The molecule has 2 atom stereocenters. The molecule has 0 aromatic heterocycles. The molecule has 0 radical (unpaired) electrons. The Morgan fingerprint density at radius 2 is 2.15 bits per heavy atom. The second kappa shape index (κ2) is 5.87. The van der Waals surface area contributed by atoms with Gasteiger partial charge in [-0.2, -0.15) is 0 Å². The third-order valence-corrected chi connectivity index (χ3v) is 3.66. The zero-order chi connectivity index (χ0) is 14.9. The first-order chi connectivity index (χ1) is 9.40. The number of nitrogen functional groups attached to an aromatic ring is 1. The van der Waals surface area contributed by atoms with Gasteiger partial charge in [0, 0.05) is 25.8 Å². The van der Waals surface area contributed by atoms with Crippen molar-refractivity contribution < 1.29 is 13.9 Å². The molecule has 20 heavy (non-hydrogen) atoms. The van der Waals surface area contributed by atoms with E-state index in [4.69, 9.17) is 15.2 Å². The van der Waals surface area contributed by atoms with E-state index >= 15 is 0 Å². The summed E-state index contributed by atoms with van der Waals surface area (Å²) in [6, 6.07) is 3.24. The third-order valence-electron chi connectivity index (χ3n) is 3.66. The third kappa shape index (κ3) is 2.98. The average Bonchev–Trinajstić information content (AvgIpc) is 2.77. The number of anilines is 2. The molecule has 0 aliphatic carbocycles. The summed E-state index contributed by atoms with van der Waals surface area (Å²) in [5.74, 6) is -0.188. The first kappa shape index (κ1) is 14.9. The molecule has 4 nitrogen and oxygen atoms in total. The fourth-order valence-electron chi connectivity index (χ4n) is 2.62. The highest BCUT2D eigenvalue weighted by molar-refractivity contribution is 5.70. The van der Waals surface area contributed by atoms with Crippen LogP contribution in [0, 0.1) is 5.82 Å². The summed E-state index contributed by atoms with van der Waals surface area (Å²) in [5, 5.41) is 0. The van der Waals surface area contributed by atoms with Crippen molar-refractivity contribution in [1.29, 1.82) is 0 Å². The van der Waals surface area contributed by atoms with Gasteiger partial charge in [0.05, 0.1) is 29.6 Å². The van der Waals surface area contributed by atoms with Gasteiger partial charge in [-0.25, -0.2) is 4.39 Å².